The van der Waals surface area contributed by atoms with Crippen LogP contribution in [0.2, 0.25) is 5.02 Å². The normalized spacial score (nSPS) is 14.2. The monoisotopic (exact) mass is 361 g/mol. The van der Waals surface area contributed by atoms with Gasteiger partial charge in [0, 0.05) is 6.54 Å². The molecule has 0 aliphatic rings. The smallest absolute Gasteiger partial charge is 0.315 e. The molecule has 0 bridgehead atoms. The second kappa shape index (κ2) is 8.03. The van der Waals surface area contributed by atoms with Crippen LogP contribution in [0.3, 0.4) is 0 Å². The number of halogens is 1. The first-order valence-corrected chi connectivity index (χ1v) is 8.20. The molecule has 0 saturated heterocycles. The summed E-state index contributed by atoms with van der Waals surface area (Å²) in [6, 6.07) is 15.6. The lowest BCUT2D eigenvalue weighted by Crippen LogP contribution is -2.47. The van der Waals surface area contributed by atoms with Gasteiger partial charge in [0.25, 0.3) is 5.91 Å². The number of ether oxygens (including phenoxy) is 1. The Hall–Kier alpha value is -2.53. The third-order valence-corrected chi connectivity index (χ3v) is 4.32. The molecule has 2 aromatic rings. The molecular formula is C19H20ClNO4. The molecule has 25 heavy (non-hydrogen) atoms. The van der Waals surface area contributed by atoms with Crippen LogP contribution in [0.4, 0.5) is 0 Å². The molecule has 0 spiro atoms. The van der Waals surface area contributed by atoms with Crippen molar-refractivity contribution in [3.05, 3.63) is 65.2 Å². The summed E-state index contributed by atoms with van der Waals surface area (Å²) >= 11 is 6.01. The lowest BCUT2D eigenvalue weighted by molar-refractivity contribution is -0.143. The van der Waals surface area contributed by atoms with Crippen molar-refractivity contribution < 1.29 is 19.4 Å². The number of benzene rings is 2. The summed E-state index contributed by atoms with van der Waals surface area (Å²) in [4.78, 5) is 24.0. The number of carboxylic acid groups (broad SMARTS) is 1. The second-order valence-corrected chi connectivity index (χ2v) is 6.32. The van der Waals surface area contributed by atoms with E-state index in [2.05, 4.69) is 5.32 Å². The largest absolute Gasteiger partial charge is 0.481 e. The third kappa shape index (κ3) is 4.51. The second-order valence-electron chi connectivity index (χ2n) is 5.91. The van der Waals surface area contributed by atoms with E-state index in [0.29, 0.717) is 16.3 Å². The van der Waals surface area contributed by atoms with Crippen LogP contribution in [0.15, 0.2) is 54.6 Å². The Balaban J connectivity index is 2.04. The van der Waals surface area contributed by atoms with E-state index in [0.717, 1.165) is 0 Å². The number of para-hydroxylation sites is 1. The summed E-state index contributed by atoms with van der Waals surface area (Å²) in [5.41, 5.74) is -0.622. The predicted molar refractivity (Wildman–Crippen MR) is 96.0 cm³/mol. The molecule has 0 aliphatic carbocycles. The summed E-state index contributed by atoms with van der Waals surface area (Å²) in [5, 5.41) is 12.7. The molecule has 2 aromatic carbocycles. The standard InChI is InChI=1S/C19H20ClNO4/c1-13(25-16-11-7-6-10-15(16)20)17(22)21-12-19(2,18(23)24)14-8-4-3-5-9-14/h3-11,13H,12H2,1-2H3,(H,21,22)(H,23,24). The molecule has 0 aromatic heterocycles. The number of hydrogen-bond acceptors (Lipinski definition) is 3. The van der Waals surface area contributed by atoms with E-state index in [-0.39, 0.29) is 6.54 Å². The average molecular weight is 362 g/mol. The van der Waals surface area contributed by atoms with Gasteiger partial charge in [-0.2, -0.15) is 0 Å². The van der Waals surface area contributed by atoms with E-state index in [1.807, 2.05) is 6.07 Å². The maximum atomic E-state index is 12.3. The average Bonchev–Trinajstić information content (AvgIpc) is 2.61. The molecule has 2 atom stereocenters. The summed E-state index contributed by atoms with van der Waals surface area (Å²) < 4.78 is 5.55. The van der Waals surface area contributed by atoms with E-state index in [1.165, 1.54) is 0 Å². The summed E-state index contributed by atoms with van der Waals surface area (Å²) in [7, 11) is 0. The fraction of sp³-hybridized carbons (Fsp3) is 0.263. The Labute approximate surface area is 151 Å². The van der Waals surface area contributed by atoms with Gasteiger partial charge in [-0.1, -0.05) is 54.1 Å². The Morgan fingerprint density at radius 2 is 1.76 bits per heavy atom. The minimum absolute atomic E-state index is 0.0542. The van der Waals surface area contributed by atoms with Crippen LogP contribution in [0.1, 0.15) is 19.4 Å². The van der Waals surface area contributed by atoms with E-state index in [4.69, 9.17) is 16.3 Å². The quantitative estimate of drug-likeness (QED) is 0.793. The van der Waals surface area contributed by atoms with Gasteiger partial charge in [0.15, 0.2) is 6.10 Å². The fourth-order valence-corrected chi connectivity index (χ4v) is 2.48. The molecule has 2 unspecified atom stereocenters. The molecular weight excluding hydrogens is 342 g/mol. The Kier molecular flexibility index (Phi) is 6.04. The zero-order valence-corrected chi connectivity index (χ0v) is 14.8. The van der Waals surface area contributed by atoms with Crippen molar-refractivity contribution >= 4 is 23.5 Å². The zero-order chi connectivity index (χ0) is 18.4. The summed E-state index contributed by atoms with van der Waals surface area (Å²) in [6.07, 6.45) is -0.811. The SMILES string of the molecule is CC(Oc1ccccc1Cl)C(=O)NCC(C)(C(=O)O)c1ccccc1. The van der Waals surface area contributed by atoms with Crippen LogP contribution in [0, 0.1) is 0 Å². The van der Waals surface area contributed by atoms with Gasteiger partial charge < -0.3 is 15.2 Å². The third-order valence-electron chi connectivity index (χ3n) is 4.01. The van der Waals surface area contributed by atoms with Crippen LogP contribution < -0.4 is 10.1 Å². The molecule has 1 amide bonds. The van der Waals surface area contributed by atoms with E-state index in [1.54, 1.807) is 62.4 Å². The van der Waals surface area contributed by atoms with E-state index < -0.39 is 23.4 Å². The number of hydrogen-bond donors (Lipinski definition) is 2. The number of aliphatic carboxylic acids is 1. The highest BCUT2D eigenvalue weighted by atomic mass is 35.5. The van der Waals surface area contributed by atoms with Gasteiger partial charge in [-0.25, -0.2) is 0 Å². The lowest BCUT2D eigenvalue weighted by Gasteiger charge is -2.26. The topological polar surface area (TPSA) is 75.6 Å². The van der Waals surface area contributed by atoms with E-state index >= 15 is 0 Å². The van der Waals surface area contributed by atoms with Gasteiger partial charge in [-0.3, -0.25) is 9.59 Å². The van der Waals surface area contributed by atoms with Crippen molar-refractivity contribution in [2.24, 2.45) is 0 Å². The van der Waals surface area contributed by atoms with Gasteiger partial charge in [0.2, 0.25) is 0 Å². The Morgan fingerprint density at radius 1 is 1.16 bits per heavy atom. The van der Waals surface area contributed by atoms with Crippen LogP contribution in [0.5, 0.6) is 5.75 Å². The Bertz CT molecular complexity index is 750. The molecule has 5 nitrogen and oxygen atoms in total. The number of carbonyl (C=O) groups is 2. The van der Waals surface area contributed by atoms with Crippen LogP contribution in [-0.4, -0.2) is 29.6 Å². The first-order chi connectivity index (χ1) is 11.8. The van der Waals surface area contributed by atoms with Crippen molar-refractivity contribution in [3.63, 3.8) is 0 Å². The summed E-state index contributed by atoms with van der Waals surface area (Å²) in [6.45, 7) is 3.10. The maximum absolute atomic E-state index is 12.3. The molecule has 132 valence electrons. The molecule has 0 fully saturated rings. The van der Waals surface area contributed by atoms with E-state index in [9.17, 15) is 14.7 Å². The maximum Gasteiger partial charge on any atom is 0.315 e. The number of carbonyl (C=O) groups excluding carboxylic acids is 1. The van der Waals surface area contributed by atoms with Gasteiger partial charge >= 0.3 is 5.97 Å². The molecule has 6 heteroatoms. The number of rotatable bonds is 7. The van der Waals surface area contributed by atoms with Gasteiger partial charge in [-0.05, 0) is 31.5 Å². The van der Waals surface area contributed by atoms with Crippen LogP contribution in [-0.2, 0) is 15.0 Å². The number of carboxylic acids is 1. The lowest BCUT2D eigenvalue weighted by atomic mass is 9.82. The zero-order valence-electron chi connectivity index (χ0n) is 14.0. The molecule has 2 N–H and O–H groups in total. The number of nitrogens with one attached hydrogen (secondary N) is 1. The molecule has 0 aliphatic heterocycles. The van der Waals surface area contributed by atoms with Gasteiger partial charge in [-0.15, -0.1) is 0 Å². The van der Waals surface area contributed by atoms with Crippen molar-refractivity contribution in [1.29, 1.82) is 0 Å². The van der Waals surface area contributed by atoms with Crippen molar-refractivity contribution in [2.75, 3.05) is 6.54 Å². The minimum Gasteiger partial charge on any atom is -0.481 e. The first-order valence-electron chi connectivity index (χ1n) is 7.82. The Morgan fingerprint density at radius 3 is 2.36 bits per heavy atom. The van der Waals surface area contributed by atoms with Gasteiger partial charge in [0.1, 0.15) is 11.2 Å². The van der Waals surface area contributed by atoms with Gasteiger partial charge in [0.05, 0.1) is 5.02 Å². The minimum atomic E-state index is -1.24. The molecule has 0 saturated carbocycles. The fourth-order valence-electron chi connectivity index (χ4n) is 2.30. The molecule has 0 heterocycles. The van der Waals surface area contributed by atoms with Crippen molar-refractivity contribution in [3.8, 4) is 5.75 Å². The first kappa shape index (κ1) is 18.8. The number of amides is 1. The molecule has 2 rings (SSSR count). The highest BCUT2D eigenvalue weighted by Crippen LogP contribution is 2.25. The molecule has 0 radical (unpaired) electrons. The summed E-state index contributed by atoms with van der Waals surface area (Å²) in [5.74, 6) is -1.03. The highest BCUT2D eigenvalue weighted by Gasteiger charge is 2.36. The predicted octanol–water partition coefficient (Wildman–Crippen LogP) is 3.27. The van der Waals surface area contributed by atoms with Crippen molar-refractivity contribution in [2.45, 2.75) is 25.4 Å². The highest BCUT2D eigenvalue weighted by molar-refractivity contribution is 6.32. The van der Waals surface area contributed by atoms with Crippen LogP contribution >= 0.6 is 11.6 Å². The van der Waals surface area contributed by atoms with Crippen molar-refractivity contribution in [1.82, 2.24) is 5.32 Å². The van der Waals surface area contributed by atoms with Crippen LogP contribution in [0.25, 0.3) is 0 Å².